The van der Waals surface area contributed by atoms with E-state index in [1.54, 1.807) is 7.11 Å². The van der Waals surface area contributed by atoms with E-state index in [1.165, 1.54) is 5.56 Å². The number of carbonyl (C=O) groups is 1. The molecule has 112 valence electrons. The number of methoxy groups -OCH3 is 1. The number of carboxylic acid groups (broad SMARTS) is 1. The first kappa shape index (κ1) is 16.5. The van der Waals surface area contributed by atoms with Crippen molar-refractivity contribution < 1.29 is 14.6 Å². The van der Waals surface area contributed by atoms with Gasteiger partial charge in [-0.05, 0) is 37.1 Å². The highest BCUT2D eigenvalue weighted by atomic mass is 16.5. The summed E-state index contributed by atoms with van der Waals surface area (Å²) in [6.07, 6.45) is 3.40. The van der Waals surface area contributed by atoms with Crippen LogP contribution >= 0.6 is 0 Å². The van der Waals surface area contributed by atoms with Gasteiger partial charge >= 0.3 is 5.97 Å². The van der Waals surface area contributed by atoms with Crippen LogP contribution in [-0.4, -0.2) is 42.7 Å². The Morgan fingerprint density at radius 2 is 1.90 bits per heavy atom. The van der Waals surface area contributed by atoms with Gasteiger partial charge in [-0.15, -0.1) is 0 Å². The van der Waals surface area contributed by atoms with Gasteiger partial charge in [0.15, 0.2) is 0 Å². The average Bonchev–Trinajstić information content (AvgIpc) is 2.46. The molecule has 0 radical (unpaired) electrons. The minimum atomic E-state index is -0.726. The molecule has 0 aliphatic carbocycles. The van der Waals surface area contributed by atoms with Crippen molar-refractivity contribution in [2.45, 2.75) is 32.6 Å². The van der Waals surface area contributed by atoms with Gasteiger partial charge in [-0.1, -0.05) is 25.5 Å². The second-order valence-electron chi connectivity index (χ2n) is 4.94. The third kappa shape index (κ3) is 6.57. The maximum atomic E-state index is 10.7. The Balaban J connectivity index is 2.44. The van der Waals surface area contributed by atoms with E-state index in [0.717, 1.165) is 38.1 Å². The average molecular weight is 279 g/mol. The standard InChI is InChI=1S/C16H25NO3/c1-3-4-11-17(13-10-16(18)19)12-9-14-5-7-15(20-2)8-6-14/h5-8H,3-4,9-13H2,1-2H3,(H,18,19). The zero-order valence-electron chi connectivity index (χ0n) is 12.5. The van der Waals surface area contributed by atoms with Crippen LogP contribution < -0.4 is 4.74 Å². The second kappa shape index (κ2) is 9.37. The van der Waals surface area contributed by atoms with Crippen LogP contribution in [0, 0.1) is 0 Å². The summed E-state index contributed by atoms with van der Waals surface area (Å²) in [7, 11) is 1.66. The van der Waals surface area contributed by atoms with Crippen LogP contribution in [-0.2, 0) is 11.2 Å². The molecule has 0 heterocycles. The predicted molar refractivity (Wildman–Crippen MR) is 80.3 cm³/mol. The first-order chi connectivity index (χ1) is 9.65. The molecule has 0 fully saturated rings. The van der Waals surface area contributed by atoms with Crippen molar-refractivity contribution in [3.05, 3.63) is 29.8 Å². The fraction of sp³-hybridized carbons (Fsp3) is 0.562. The molecule has 20 heavy (non-hydrogen) atoms. The van der Waals surface area contributed by atoms with Crippen molar-refractivity contribution in [1.29, 1.82) is 0 Å². The summed E-state index contributed by atoms with van der Waals surface area (Å²) >= 11 is 0. The minimum absolute atomic E-state index is 0.215. The topological polar surface area (TPSA) is 49.8 Å². The summed E-state index contributed by atoms with van der Waals surface area (Å²) in [6, 6.07) is 8.05. The summed E-state index contributed by atoms with van der Waals surface area (Å²) in [5.74, 6) is 0.137. The van der Waals surface area contributed by atoms with E-state index in [-0.39, 0.29) is 6.42 Å². The molecule has 0 aliphatic rings. The highest BCUT2D eigenvalue weighted by Gasteiger charge is 2.07. The first-order valence-corrected chi connectivity index (χ1v) is 7.22. The van der Waals surface area contributed by atoms with Crippen molar-refractivity contribution in [3.63, 3.8) is 0 Å². The molecule has 4 nitrogen and oxygen atoms in total. The lowest BCUT2D eigenvalue weighted by Crippen LogP contribution is -2.29. The first-order valence-electron chi connectivity index (χ1n) is 7.22. The van der Waals surface area contributed by atoms with E-state index < -0.39 is 5.97 Å². The van der Waals surface area contributed by atoms with Crippen molar-refractivity contribution in [3.8, 4) is 5.75 Å². The normalized spacial score (nSPS) is 10.8. The smallest absolute Gasteiger partial charge is 0.304 e. The predicted octanol–water partition coefficient (Wildman–Crippen LogP) is 2.81. The lowest BCUT2D eigenvalue weighted by Gasteiger charge is -2.21. The number of benzene rings is 1. The number of aliphatic carboxylic acids is 1. The minimum Gasteiger partial charge on any atom is -0.497 e. The quantitative estimate of drug-likeness (QED) is 0.715. The van der Waals surface area contributed by atoms with E-state index in [2.05, 4.69) is 24.0 Å². The maximum Gasteiger partial charge on any atom is 0.304 e. The fourth-order valence-electron chi connectivity index (χ4n) is 2.05. The number of nitrogens with zero attached hydrogens (tertiary/aromatic N) is 1. The molecule has 1 aromatic rings. The molecule has 0 bridgehead atoms. The molecule has 0 spiro atoms. The molecule has 1 rings (SSSR count). The van der Waals surface area contributed by atoms with Gasteiger partial charge in [0.1, 0.15) is 5.75 Å². The Bertz CT molecular complexity index is 389. The Morgan fingerprint density at radius 3 is 2.45 bits per heavy atom. The molecule has 0 saturated carbocycles. The van der Waals surface area contributed by atoms with Crippen molar-refractivity contribution in [2.24, 2.45) is 0 Å². The highest BCUT2D eigenvalue weighted by molar-refractivity contribution is 5.66. The van der Waals surface area contributed by atoms with E-state index >= 15 is 0 Å². The van der Waals surface area contributed by atoms with Gasteiger partial charge in [0.2, 0.25) is 0 Å². The van der Waals surface area contributed by atoms with Crippen LogP contribution in [0.3, 0.4) is 0 Å². The molecule has 0 saturated heterocycles. The molecule has 0 aliphatic heterocycles. The van der Waals surface area contributed by atoms with Crippen molar-refractivity contribution >= 4 is 5.97 Å². The maximum absolute atomic E-state index is 10.7. The monoisotopic (exact) mass is 279 g/mol. The number of unbranched alkanes of at least 4 members (excludes halogenated alkanes) is 1. The van der Waals surface area contributed by atoms with E-state index in [9.17, 15) is 4.79 Å². The van der Waals surface area contributed by atoms with Gasteiger partial charge in [-0.2, -0.15) is 0 Å². The molecule has 0 unspecified atom stereocenters. The van der Waals surface area contributed by atoms with Gasteiger partial charge in [-0.25, -0.2) is 0 Å². The number of hydrogen-bond donors (Lipinski definition) is 1. The lowest BCUT2D eigenvalue weighted by atomic mass is 10.1. The van der Waals surface area contributed by atoms with Crippen LogP contribution in [0.1, 0.15) is 31.7 Å². The molecule has 0 amide bonds. The Hall–Kier alpha value is -1.55. The Morgan fingerprint density at radius 1 is 1.20 bits per heavy atom. The van der Waals surface area contributed by atoms with Gasteiger partial charge in [-0.3, -0.25) is 4.79 Å². The summed E-state index contributed by atoms with van der Waals surface area (Å²) in [5.41, 5.74) is 1.25. The van der Waals surface area contributed by atoms with Crippen LogP contribution in [0.5, 0.6) is 5.75 Å². The molecule has 1 aromatic carbocycles. The third-order valence-electron chi connectivity index (χ3n) is 3.35. The van der Waals surface area contributed by atoms with Crippen LogP contribution in [0.25, 0.3) is 0 Å². The van der Waals surface area contributed by atoms with E-state index in [0.29, 0.717) is 6.54 Å². The van der Waals surface area contributed by atoms with Gasteiger partial charge in [0.25, 0.3) is 0 Å². The van der Waals surface area contributed by atoms with Crippen molar-refractivity contribution in [1.82, 2.24) is 4.90 Å². The summed E-state index contributed by atoms with van der Waals surface area (Å²) < 4.78 is 5.14. The van der Waals surface area contributed by atoms with Gasteiger partial charge in [0.05, 0.1) is 13.5 Å². The van der Waals surface area contributed by atoms with Crippen LogP contribution in [0.15, 0.2) is 24.3 Å². The number of ether oxygens (including phenoxy) is 1. The fourth-order valence-corrected chi connectivity index (χ4v) is 2.05. The Labute approximate surface area is 121 Å². The largest absolute Gasteiger partial charge is 0.497 e. The van der Waals surface area contributed by atoms with Crippen LogP contribution in [0.4, 0.5) is 0 Å². The zero-order chi connectivity index (χ0) is 14.8. The number of rotatable bonds is 10. The van der Waals surface area contributed by atoms with Crippen LogP contribution in [0.2, 0.25) is 0 Å². The molecule has 0 aromatic heterocycles. The second-order valence-corrected chi connectivity index (χ2v) is 4.94. The Kier molecular flexibility index (Phi) is 7.73. The SMILES string of the molecule is CCCCN(CCC(=O)O)CCc1ccc(OC)cc1. The van der Waals surface area contributed by atoms with Crippen molar-refractivity contribution in [2.75, 3.05) is 26.7 Å². The lowest BCUT2D eigenvalue weighted by molar-refractivity contribution is -0.137. The summed E-state index contributed by atoms with van der Waals surface area (Å²) in [4.78, 5) is 12.9. The van der Waals surface area contributed by atoms with E-state index in [1.807, 2.05) is 12.1 Å². The summed E-state index contributed by atoms with van der Waals surface area (Å²) in [5, 5.41) is 8.79. The molecule has 1 N–H and O–H groups in total. The third-order valence-corrected chi connectivity index (χ3v) is 3.35. The molecular weight excluding hydrogens is 254 g/mol. The molecule has 0 atom stereocenters. The highest BCUT2D eigenvalue weighted by Crippen LogP contribution is 2.12. The van der Waals surface area contributed by atoms with Gasteiger partial charge < -0.3 is 14.7 Å². The summed E-state index contributed by atoms with van der Waals surface area (Å²) in [6.45, 7) is 4.66. The zero-order valence-corrected chi connectivity index (χ0v) is 12.5. The number of carboxylic acids is 1. The van der Waals surface area contributed by atoms with Gasteiger partial charge in [0, 0.05) is 13.1 Å². The van der Waals surface area contributed by atoms with E-state index in [4.69, 9.17) is 9.84 Å². The molecule has 4 heteroatoms. The molecular formula is C16H25NO3. The number of hydrogen-bond acceptors (Lipinski definition) is 3.